The predicted octanol–water partition coefficient (Wildman–Crippen LogP) is -3.64. The summed E-state index contributed by atoms with van der Waals surface area (Å²) in [6.45, 7) is -1.30. The van der Waals surface area contributed by atoms with Crippen LogP contribution >= 0.6 is 0 Å². The van der Waals surface area contributed by atoms with Crippen LogP contribution in [0.2, 0.25) is 0 Å². The van der Waals surface area contributed by atoms with Gasteiger partial charge in [0.1, 0.15) is 64.9 Å². The van der Waals surface area contributed by atoms with Gasteiger partial charge in [0.15, 0.2) is 28.6 Å². The summed E-state index contributed by atoms with van der Waals surface area (Å²) in [4.78, 5) is 39.1. The summed E-state index contributed by atoms with van der Waals surface area (Å²) in [5.41, 5.74) is 2.45. The predicted molar refractivity (Wildman–Crippen MR) is 194 cm³/mol. The summed E-state index contributed by atoms with van der Waals surface area (Å²) >= 11 is 0. The number of aromatic hydroxyl groups is 3. The second kappa shape index (κ2) is 17.1. The van der Waals surface area contributed by atoms with E-state index in [2.05, 4.69) is 5.32 Å². The number of phenols is 3. The number of carbonyl (C=O) groups excluding carboxylic acids is 1. The molecule has 6 rings (SSSR count). The number of esters is 1. The fraction of sp³-hybridized carbons (Fsp3) is 0.432. The molecule has 320 valence electrons. The first kappa shape index (κ1) is 43.2. The van der Waals surface area contributed by atoms with E-state index in [1.54, 1.807) is 12.2 Å². The minimum Gasteiger partial charge on any atom is -0.507 e. The van der Waals surface area contributed by atoms with E-state index in [1.807, 2.05) is 0 Å². The van der Waals surface area contributed by atoms with Crippen molar-refractivity contribution < 1.29 is 94.2 Å². The van der Waals surface area contributed by atoms with Gasteiger partial charge >= 0.3 is 11.9 Å². The number of rotatable bonds is 12. The van der Waals surface area contributed by atoms with Crippen molar-refractivity contribution in [1.29, 1.82) is 0 Å². The van der Waals surface area contributed by atoms with E-state index in [9.17, 15) is 75.7 Å². The van der Waals surface area contributed by atoms with Gasteiger partial charge in [-0.2, -0.15) is 0 Å². The third-order valence-corrected chi connectivity index (χ3v) is 10.1. The van der Waals surface area contributed by atoms with E-state index < -0.39 is 121 Å². The Bertz CT molecular complexity index is 2210. The highest BCUT2D eigenvalue weighted by atomic mass is 16.8. The van der Waals surface area contributed by atoms with Gasteiger partial charge in [-0.05, 0) is 30.2 Å². The Balaban J connectivity index is 1.37. The molecule has 0 saturated carbocycles. The Morgan fingerprint density at radius 3 is 2.24 bits per heavy atom. The van der Waals surface area contributed by atoms with Crippen LogP contribution in [0.15, 0.2) is 57.4 Å². The van der Waals surface area contributed by atoms with E-state index in [0.717, 1.165) is 18.2 Å². The fourth-order valence-electron chi connectivity index (χ4n) is 6.89. The molecule has 0 aliphatic carbocycles. The Morgan fingerprint density at radius 1 is 0.881 bits per heavy atom. The molecule has 2 aromatic carbocycles. The number of allylic oxidation sites excluding steroid dienone is 2. The summed E-state index contributed by atoms with van der Waals surface area (Å²) in [5, 5.41) is 127. The zero-order valence-corrected chi connectivity index (χ0v) is 30.6. The number of carbonyl (C=O) groups is 2. The van der Waals surface area contributed by atoms with Gasteiger partial charge in [0.05, 0.1) is 6.17 Å². The van der Waals surface area contributed by atoms with Crippen LogP contribution in [0.5, 0.6) is 23.0 Å². The van der Waals surface area contributed by atoms with Crippen LogP contribution in [0, 0.1) is 0 Å². The molecule has 0 radical (unpaired) electrons. The van der Waals surface area contributed by atoms with Crippen LogP contribution in [-0.2, 0) is 36.6 Å². The minimum atomic E-state index is -2.79. The molecule has 22 heteroatoms. The number of nitrogens with two attached hydrogens (primary N) is 1. The first-order valence-electron chi connectivity index (χ1n) is 17.9. The smallest absolute Gasteiger partial charge is 0.340 e. The maximum absolute atomic E-state index is 13.6. The first-order valence-corrected chi connectivity index (χ1v) is 17.9. The van der Waals surface area contributed by atoms with Crippen molar-refractivity contribution in [1.82, 2.24) is 5.32 Å². The van der Waals surface area contributed by atoms with Crippen LogP contribution in [0.1, 0.15) is 17.5 Å². The Hall–Kier alpha value is -5.37. The number of dihydropyridines is 1. The second-order valence-corrected chi connectivity index (χ2v) is 14.0. The highest BCUT2D eigenvalue weighted by Crippen LogP contribution is 2.41. The first-order chi connectivity index (χ1) is 27.9. The topological polar surface area (TPSA) is 382 Å². The highest BCUT2D eigenvalue weighted by Gasteiger charge is 2.60. The van der Waals surface area contributed by atoms with Crippen molar-refractivity contribution >= 4 is 22.9 Å². The lowest BCUT2D eigenvalue weighted by molar-refractivity contribution is -0.327. The van der Waals surface area contributed by atoms with Gasteiger partial charge in [0.25, 0.3) is 0 Å². The molecule has 3 aromatic rings. The molecule has 1 unspecified atom stereocenters. The SMILES string of the molecule is NC1C=CC(Cc2c(O[C@H]3O[C@H](C(=O)O[C@H]4O[C@](CCO)(C(=O)O)[C@@H](O)[C@H](O)[C@H]4O)[C@@H](O)[C@H](O)[C@H]3O)cc3oc(-c4cc(O)c(O)c(CCO)c4)cc(=O)c3c2O)=CN1. The summed E-state index contributed by atoms with van der Waals surface area (Å²) in [5.74, 6) is -5.94. The molecule has 15 N–H and O–H groups in total. The van der Waals surface area contributed by atoms with Gasteiger partial charge in [-0.3, -0.25) is 4.79 Å². The second-order valence-electron chi connectivity index (χ2n) is 14.0. The maximum Gasteiger partial charge on any atom is 0.340 e. The van der Waals surface area contributed by atoms with Gasteiger partial charge in [0, 0.05) is 61.1 Å². The maximum atomic E-state index is 13.6. The average molecular weight is 835 g/mol. The number of hydrogen-bond acceptors (Lipinski definition) is 21. The number of aliphatic hydroxyl groups excluding tert-OH is 8. The van der Waals surface area contributed by atoms with Crippen LogP contribution in [0.25, 0.3) is 22.3 Å². The van der Waals surface area contributed by atoms with Crippen LogP contribution in [-0.4, -0.2) is 154 Å². The number of nitrogens with one attached hydrogen (secondary N) is 1. The molecule has 2 fully saturated rings. The Morgan fingerprint density at radius 2 is 1.59 bits per heavy atom. The van der Waals surface area contributed by atoms with Crippen LogP contribution in [0.3, 0.4) is 0 Å². The van der Waals surface area contributed by atoms with Gasteiger partial charge in [-0.25, -0.2) is 9.59 Å². The van der Waals surface area contributed by atoms with Gasteiger partial charge < -0.3 is 95.7 Å². The highest BCUT2D eigenvalue weighted by molar-refractivity contribution is 5.88. The van der Waals surface area contributed by atoms with Gasteiger partial charge in [-0.1, -0.05) is 6.08 Å². The lowest BCUT2D eigenvalue weighted by atomic mass is 9.84. The number of carboxylic acids is 1. The molecular weight excluding hydrogens is 792 g/mol. The average Bonchev–Trinajstić information content (AvgIpc) is 3.19. The largest absolute Gasteiger partial charge is 0.507 e. The monoisotopic (exact) mass is 834 g/mol. The molecule has 1 aromatic heterocycles. The lowest BCUT2D eigenvalue weighted by Crippen LogP contribution is -2.69. The molecule has 4 heterocycles. The van der Waals surface area contributed by atoms with E-state index in [0.29, 0.717) is 5.57 Å². The molecule has 22 nitrogen and oxygen atoms in total. The van der Waals surface area contributed by atoms with Crippen LogP contribution in [0.4, 0.5) is 0 Å². The van der Waals surface area contributed by atoms with Crippen molar-refractivity contribution in [2.45, 2.75) is 86.3 Å². The van der Waals surface area contributed by atoms with Crippen molar-refractivity contribution in [3.63, 3.8) is 0 Å². The van der Waals surface area contributed by atoms with Crippen molar-refractivity contribution in [3.8, 4) is 34.3 Å². The number of benzene rings is 2. The lowest BCUT2D eigenvalue weighted by Gasteiger charge is -2.46. The number of carboxylic acid groups (broad SMARTS) is 1. The Labute approximate surface area is 331 Å². The number of aliphatic hydroxyl groups is 8. The standard InChI is InChI=1S/C37H42N2O20/c38-22-2-1-13(12-39-22)7-16-20(11-21-23(25(16)45)17(42)10-19(55-21)15-8-14(3-5-40)24(44)18(43)9-15)56-34-29(49)26(46)27(47)31(57-34)33(52)58-35-30(50)28(48)32(51)37(59-35,4-6-41)36(53)54/h1-2,8-12,22,26-32,34-35,39-41,43-51H,3-7,38H2,(H,53,54)/t22?,26-,27-,28+,29+,30+,31-,32-,34-,35-,37-/m0/s1. The van der Waals surface area contributed by atoms with Gasteiger partial charge in [-0.15, -0.1) is 0 Å². The molecule has 2 saturated heterocycles. The number of fused-ring (bicyclic) bond motifs is 1. The molecule has 0 bridgehead atoms. The van der Waals surface area contributed by atoms with Crippen molar-refractivity contribution in [2.75, 3.05) is 13.2 Å². The molecule has 0 spiro atoms. The summed E-state index contributed by atoms with van der Waals surface area (Å²) in [7, 11) is 0. The third-order valence-electron chi connectivity index (χ3n) is 10.1. The molecule has 11 atom stereocenters. The van der Waals surface area contributed by atoms with Gasteiger partial charge in [0.2, 0.25) is 12.6 Å². The molecule has 0 amide bonds. The van der Waals surface area contributed by atoms with Crippen LogP contribution < -0.4 is 21.2 Å². The quantitative estimate of drug-likeness (QED) is 0.0618. The summed E-state index contributed by atoms with van der Waals surface area (Å²) in [6.07, 6.45) is -17.4. The van der Waals surface area contributed by atoms with E-state index in [1.165, 1.54) is 12.3 Å². The Kier molecular flexibility index (Phi) is 12.5. The number of hydrogen-bond donors (Lipinski definition) is 14. The summed E-state index contributed by atoms with van der Waals surface area (Å²) < 4.78 is 27.7. The van der Waals surface area contributed by atoms with Crippen molar-refractivity contribution in [3.05, 3.63) is 69.5 Å². The van der Waals surface area contributed by atoms with E-state index >= 15 is 0 Å². The van der Waals surface area contributed by atoms with E-state index in [-0.39, 0.29) is 52.0 Å². The summed E-state index contributed by atoms with van der Waals surface area (Å²) in [6, 6.07) is 4.52. The fourth-order valence-corrected chi connectivity index (χ4v) is 6.89. The zero-order valence-electron chi connectivity index (χ0n) is 30.6. The van der Waals surface area contributed by atoms with E-state index in [4.69, 9.17) is 29.1 Å². The molecule has 3 aliphatic rings. The third kappa shape index (κ3) is 8.15. The van der Waals surface area contributed by atoms with Crippen molar-refractivity contribution in [2.24, 2.45) is 5.73 Å². The normalized spacial score (nSPS) is 30.7. The number of ether oxygens (including phenoxy) is 4. The molecule has 59 heavy (non-hydrogen) atoms. The zero-order chi connectivity index (χ0) is 43.1. The number of phenolic OH excluding ortho intramolecular Hbond substituents is 3. The molecular formula is C37H42N2O20. The molecule has 3 aliphatic heterocycles. The number of aliphatic carboxylic acids is 1. The minimum absolute atomic E-state index is 0.0734.